The minimum Gasteiger partial charge on any atom is -0.326 e. The van der Waals surface area contributed by atoms with Crippen LogP contribution in [-0.2, 0) is 0 Å². The van der Waals surface area contributed by atoms with Crippen molar-refractivity contribution in [3.8, 4) is 0 Å². The third-order valence-electron chi connectivity index (χ3n) is 4.40. The fourth-order valence-electron chi connectivity index (χ4n) is 3.12. The topological polar surface area (TPSA) is 29.9 Å². The second-order valence-corrected chi connectivity index (χ2v) is 6.00. The van der Waals surface area contributed by atoms with E-state index in [4.69, 9.17) is 0 Å². The first-order valence-corrected chi connectivity index (χ1v) is 7.70. The summed E-state index contributed by atoms with van der Waals surface area (Å²) in [6.45, 7) is 2.88. The normalized spacial score (nSPS) is 18.2. The molecule has 0 radical (unpaired) electrons. The molecule has 0 amide bonds. The summed E-state index contributed by atoms with van der Waals surface area (Å²) in [6, 6.07) is 3.13. The van der Waals surface area contributed by atoms with E-state index in [0.29, 0.717) is 17.1 Å². The maximum Gasteiger partial charge on any atom is 0.161 e. The molecule has 0 bridgehead atoms. The molecular formula is C16H21F2N3. The molecule has 1 atom stereocenters. The molecule has 114 valence electrons. The minimum atomic E-state index is -0.847. The Morgan fingerprint density at radius 3 is 2.71 bits per heavy atom. The van der Waals surface area contributed by atoms with Crippen LogP contribution >= 0.6 is 0 Å². The Balaban J connectivity index is 1.72. The van der Waals surface area contributed by atoms with Crippen molar-refractivity contribution in [3.63, 3.8) is 0 Å². The Morgan fingerprint density at radius 1 is 1.24 bits per heavy atom. The molecule has 0 spiro atoms. The van der Waals surface area contributed by atoms with Gasteiger partial charge >= 0.3 is 0 Å². The highest BCUT2D eigenvalue weighted by atomic mass is 19.2. The highest BCUT2D eigenvalue weighted by Gasteiger charge is 2.16. The zero-order valence-corrected chi connectivity index (χ0v) is 12.3. The third kappa shape index (κ3) is 3.07. The van der Waals surface area contributed by atoms with Crippen LogP contribution in [0.15, 0.2) is 18.5 Å². The highest BCUT2D eigenvalue weighted by Crippen LogP contribution is 2.22. The van der Waals surface area contributed by atoms with Gasteiger partial charge in [-0.25, -0.2) is 13.8 Å². The molecule has 1 aromatic heterocycles. The molecular weight excluding hydrogens is 272 g/mol. The second-order valence-electron chi connectivity index (χ2n) is 6.00. The fourth-order valence-corrected chi connectivity index (χ4v) is 3.12. The molecule has 1 aliphatic rings. The van der Waals surface area contributed by atoms with Gasteiger partial charge in [0.1, 0.15) is 0 Å². The average molecular weight is 293 g/mol. The van der Waals surface area contributed by atoms with Gasteiger partial charge in [-0.05, 0) is 19.8 Å². The van der Waals surface area contributed by atoms with Gasteiger partial charge in [-0.2, -0.15) is 0 Å². The molecule has 3 rings (SSSR count). The molecule has 1 saturated carbocycles. The summed E-state index contributed by atoms with van der Waals surface area (Å²) in [6.07, 6.45) is 8.06. The van der Waals surface area contributed by atoms with E-state index in [1.165, 1.54) is 38.2 Å². The number of aromatic nitrogens is 2. The molecule has 1 fully saturated rings. The lowest BCUT2D eigenvalue weighted by Gasteiger charge is -2.25. The van der Waals surface area contributed by atoms with Crippen LogP contribution in [0.5, 0.6) is 0 Å². The number of nitrogens with zero attached hydrogens (tertiary/aromatic N) is 2. The average Bonchev–Trinajstić information content (AvgIpc) is 2.89. The Morgan fingerprint density at radius 2 is 1.95 bits per heavy atom. The van der Waals surface area contributed by atoms with Crippen molar-refractivity contribution >= 4 is 11.0 Å². The lowest BCUT2D eigenvalue weighted by atomic mass is 9.95. The predicted molar refractivity (Wildman–Crippen MR) is 79.2 cm³/mol. The van der Waals surface area contributed by atoms with Crippen LogP contribution in [0.3, 0.4) is 0 Å². The summed E-state index contributed by atoms with van der Waals surface area (Å²) in [4.78, 5) is 4.16. The molecule has 1 N–H and O–H groups in total. The standard InChI is InChI=1S/C16H21F2N3/c1-11(9-19-12-5-3-2-4-6-12)21-10-20-15-7-13(17)14(18)8-16(15)21/h7-8,10-12,19H,2-6,9H2,1H3. The van der Waals surface area contributed by atoms with Gasteiger partial charge in [-0.3, -0.25) is 0 Å². The van der Waals surface area contributed by atoms with Crippen LogP contribution < -0.4 is 5.32 Å². The number of hydrogen-bond donors (Lipinski definition) is 1. The molecule has 0 saturated heterocycles. The molecule has 1 unspecified atom stereocenters. The first kappa shape index (κ1) is 14.4. The fraction of sp³-hybridized carbons (Fsp3) is 0.562. The summed E-state index contributed by atoms with van der Waals surface area (Å²) in [5.74, 6) is -1.67. The van der Waals surface area contributed by atoms with Gasteiger partial charge in [-0.1, -0.05) is 19.3 Å². The predicted octanol–water partition coefficient (Wildman–Crippen LogP) is 3.80. The highest BCUT2D eigenvalue weighted by molar-refractivity contribution is 5.75. The van der Waals surface area contributed by atoms with Crippen LogP contribution in [0.2, 0.25) is 0 Å². The van der Waals surface area contributed by atoms with E-state index < -0.39 is 11.6 Å². The van der Waals surface area contributed by atoms with E-state index >= 15 is 0 Å². The van der Waals surface area contributed by atoms with Crippen molar-refractivity contribution in [1.29, 1.82) is 0 Å². The maximum absolute atomic E-state index is 13.4. The van der Waals surface area contributed by atoms with E-state index in [0.717, 1.165) is 12.6 Å². The quantitative estimate of drug-likeness (QED) is 0.929. The monoisotopic (exact) mass is 293 g/mol. The molecule has 5 heteroatoms. The lowest BCUT2D eigenvalue weighted by molar-refractivity contribution is 0.352. The van der Waals surface area contributed by atoms with Gasteiger partial charge in [0.25, 0.3) is 0 Å². The number of nitrogens with one attached hydrogen (secondary N) is 1. The first-order valence-electron chi connectivity index (χ1n) is 7.70. The zero-order valence-electron chi connectivity index (χ0n) is 12.3. The van der Waals surface area contributed by atoms with Crippen LogP contribution in [0.1, 0.15) is 45.1 Å². The van der Waals surface area contributed by atoms with E-state index in [9.17, 15) is 8.78 Å². The van der Waals surface area contributed by atoms with Crippen molar-refractivity contribution in [2.45, 2.75) is 51.1 Å². The summed E-state index contributed by atoms with van der Waals surface area (Å²) >= 11 is 0. The molecule has 1 aliphatic carbocycles. The second kappa shape index (κ2) is 6.10. The van der Waals surface area contributed by atoms with Gasteiger partial charge in [0.05, 0.1) is 17.4 Å². The van der Waals surface area contributed by atoms with Crippen molar-refractivity contribution < 1.29 is 8.78 Å². The van der Waals surface area contributed by atoms with Crippen LogP contribution in [-0.4, -0.2) is 22.1 Å². The maximum atomic E-state index is 13.4. The van der Waals surface area contributed by atoms with E-state index in [1.54, 1.807) is 6.33 Å². The van der Waals surface area contributed by atoms with Gasteiger partial charge < -0.3 is 9.88 Å². The Hall–Kier alpha value is -1.49. The number of halogens is 2. The van der Waals surface area contributed by atoms with Gasteiger partial charge in [0.2, 0.25) is 0 Å². The smallest absolute Gasteiger partial charge is 0.161 e. The number of rotatable bonds is 4. The Kier molecular flexibility index (Phi) is 4.19. The summed E-state index contributed by atoms with van der Waals surface area (Å²) in [7, 11) is 0. The van der Waals surface area contributed by atoms with Gasteiger partial charge in [0.15, 0.2) is 11.6 Å². The SMILES string of the molecule is CC(CNC1CCCCC1)n1cnc2cc(F)c(F)cc21. The van der Waals surface area contributed by atoms with E-state index in [1.807, 2.05) is 4.57 Å². The van der Waals surface area contributed by atoms with Crippen LogP contribution in [0, 0.1) is 11.6 Å². The lowest BCUT2D eigenvalue weighted by Crippen LogP contribution is -2.34. The number of benzene rings is 1. The number of imidazole rings is 1. The summed E-state index contributed by atoms with van der Waals surface area (Å²) < 4.78 is 28.5. The minimum absolute atomic E-state index is 0.154. The molecule has 0 aliphatic heterocycles. The molecule has 1 aromatic carbocycles. The first-order chi connectivity index (χ1) is 10.1. The van der Waals surface area contributed by atoms with Crippen LogP contribution in [0.4, 0.5) is 8.78 Å². The number of fused-ring (bicyclic) bond motifs is 1. The molecule has 21 heavy (non-hydrogen) atoms. The summed E-state index contributed by atoms with van der Waals surface area (Å²) in [5, 5.41) is 3.58. The third-order valence-corrected chi connectivity index (χ3v) is 4.40. The van der Waals surface area contributed by atoms with Gasteiger partial charge in [-0.15, -0.1) is 0 Å². The molecule has 3 nitrogen and oxygen atoms in total. The van der Waals surface area contributed by atoms with Crippen LogP contribution in [0.25, 0.3) is 11.0 Å². The zero-order chi connectivity index (χ0) is 14.8. The van der Waals surface area contributed by atoms with E-state index in [-0.39, 0.29) is 6.04 Å². The van der Waals surface area contributed by atoms with Crippen molar-refractivity contribution in [2.24, 2.45) is 0 Å². The van der Waals surface area contributed by atoms with Crippen molar-refractivity contribution in [2.75, 3.05) is 6.54 Å². The van der Waals surface area contributed by atoms with Crippen molar-refractivity contribution in [1.82, 2.24) is 14.9 Å². The Labute approximate surface area is 123 Å². The Bertz CT molecular complexity index is 617. The molecule has 2 aromatic rings. The number of hydrogen-bond acceptors (Lipinski definition) is 2. The molecule has 1 heterocycles. The van der Waals surface area contributed by atoms with E-state index in [2.05, 4.69) is 17.2 Å². The van der Waals surface area contributed by atoms with Crippen molar-refractivity contribution in [3.05, 3.63) is 30.1 Å². The summed E-state index contributed by atoms with van der Waals surface area (Å²) in [5.41, 5.74) is 1.14. The largest absolute Gasteiger partial charge is 0.326 e. The van der Waals surface area contributed by atoms with Gasteiger partial charge in [0, 0.05) is 30.8 Å².